The van der Waals surface area contributed by atoms with Crippen molar-refractivity contribution in [1.29, 1.82) is 0 Å². The maximum atomic E-state index is 12.6. The Bertz CT molecular complexity index is 935. The quantitative estimate of drug-likeness (QED) is 0.504. The Labute approximate surface area is 165 Å². The summed E-state index contributed by atoms with van der Waals surface area (Å²) in [6, 6.07) is 2.60. The molecule has 29 heavy (non-hydrogen) atoms. The maximum Gasteiger partial charge on any atom is 0.277 e. The van der Waals surface area contributed by atoms with Crippen molar-refractivity contribution in [2.24, 2.45) is 5.92 Å². The molecule has 0 aliphatic carbocycles. The fourth-order valence-electron chi connectivity index (χ4n) is 2.35. The van der Waals surface area contributed by atoms with Crippen molar-refractivity contribution in [3.8, 4) is 0 Å². The van der Waals surface area contributed by atoms with Gasteiger partial charge in [0.15, 0.2) is 5.69 Å². The summed E-state index contributed by atoms with van der Waals surface area (Å²) >= 11 is 0. The summed E-state index contributed by atoms with van der Waals surface area (Å²) in [5, 5.41) is 31.3. The van der Waals surface area contributed by atoms with Crippen LogP contribution in [0.15, 0.2) is 24.4 Å². The van der Waals surface area contributed by atoms with Gasteiger partial charge < -0.3 is 10.6 Å². The number of carbonyl (C=O) groups excluding carboxylic acids is 2. The molecule has 0 spiro atoms. The SMILES string of the molecule is CCn1cc(NC(=O)c2cc([N+](=O)[O-])cc([N+](=O)[O-])c2)c(C(=O)NCC(C)C)n1. The highest BCUT2D eigenvalue weighted by Gasteiger charge is 2.23. The summed E-state index contributed by atoms with van der Waals surface area (Å²) in [4.78, 5) is 45.3. The van der Waals surface area contributed by atoms with Crippen LogP contribution in [0.3, 0.4) is 0 Å². The molecule has 12 heteroatoms. The van der Waals surface area contributed by atoms with Crippen LogP contribution in [0.5, 0.6) is 0 Å². The van der Waals surface area contributed by atoms with E-state index in [2.05, 4.69) is 15.7 Å². The van der Waals surface area contributed by atoms with E-state index in [1.165, 1.54) is 10.9 Å². The topological polar surface area (TPSA) is 162 Å². The van der Waals surface area contributed by atoms with E-state index >= 15 is 0 Å². The molecule has 2 amide bonds. The average molecular weight is 404 g/mol. The predicted molar refractivity (Wildman–Crippen MR) is 103 cm³/mol. The van der Waals surface area contributed by atoms with Gasteiger partial charge in [-0.3, -0.25) is 34.5 Å². The maximum absolute atomic E-state index is 12.6. The lowest BCUT2D eigenvalue weighted by Gasteiger charge is -2.08. The lowest BCUT2D eigenvalue weighted by molar-refractivity contribution is -0.394. The van der Waals surface area contributed by atoms with Crippen molar-refractivity contribution in [1.82, 2.24) is 15.1 Å². The first-order valence-electron chi connectivity index (χ1n) is 8.73. The fourth-order valence-corrected chi connectivity index (χ4v) is 2.35. The molecule has 0 saturated heterocycles. The van der Waals surface area contributed by atoms with E-state index in [0.29, 0.717) is 13.1 Å². The van der Waals surface area contributed by atoms with Crippen molar-refractivity contribution in [2.45, 2.75) is 27.3 Å². The highest BCUT2D eigenvalue weighted by molar-refractivity contribution is 6.08. The summed E-state index contributed by atoms with van der Waals surface area (Å²) in [6.07, 6.45) is 1.44. The van der Waals surface area contributed by atoms with E-state index < -0.39 is 33.0 Å². The number of rotatable bonds is 8. The molecule has 12 nitrogen and oxygen atoms in total. The lowest BCUT2D eigenvalue weighted by atomic mass is 10.1. The molecule has 0 aliphatic rings. The molecule has 2 aromatic rings. The molecule has 0 bridgehead atoms. The third-order valence-electron chi connectivity index (χ3n) is 3.81. The summed E-state index contributed by atoms with van der Waals surface area (Å²) in [6.45, 7) is 6.47. The van der Waals surface area contributed by atoms with Crippen LogP contribution in [0, 0.1) is 26.1 Å². The van der Waals surface area contributed by atoms with Gasteiger partial charge in [-0.2, -0.15) is 5.10 Å². The Balaban J connectivity index is 2.35. The van der Waals surface area contributed by atoms with Gasteiger partial charge in [-0.1, -0.05) is 13.8 Å². The lowest BCUT2D eigenvalue weighted by Crippen LogP contribution is -2.28. The second kappa shape index (κ2) is 8.91. The minimum Gasteiger partial charge on any atom is -0.350 e. The zero-order chi connectivity index (χ0) is 21.7. The number of hydrogen-bond acceptors (Lipinski definition) is 7. The zero-order valence-corrected chi connectivity index (χ0v) is 16.0. The van der Waals surface area contributed by atoms with Gasteiger partial charge in [0.05, 0.1) is 27.2 Å². The van der Waals surface area contributed by atoms with Crippen molar-refractivity contribution in [3.63, 3.8) is 0 Å². The number of nitro benzene ring substituents is 2. The van der Waals surface area contributed by atoms with E-state index in [1.807, 2.05) is 13.8 Å². The van der Waals surface area contributed by atoms with Crippen LogP contribution < -0.4 is 10.6 Å². The molecule has 0 atom stereocenters. The molecule has 0 saturated carbocycles. The highest BCUT2D eigenvalue weighted by Crippen LogP contribution is 2.24. The molecule has 154 valence electrons. The van der Waals surface area contributed by atoms with Crippen molar-refractivity contribution < 1.29 is 19.4 Å². The van der Waals surface area contributed by atoms with E-state index in [1.54, 1.807) is 6.92 Å². The first-order chi connectivity index (χ1) is 13.6. The molecule has 1 aromatic heterocycles. The van der Waals surface area contributed by atoms with Crippen LogP contribution in [0.2, 0.25) is 0 Å². The molecule has 0 radical (unpaired) electrons. The number of aryl methyl sites for hydroxylation is 1. The number of benzene rings is 1. The number of nitrogens with one attached hydrogen (secondary N) is 2. The molecule has 1 heterocycles. The van der Waals surface area contributed by atoms with Crippen LogP contribution >= 0.6 is 0 Å². The van der Waals surface area contributed by atoms with Gasteiger partial charge in [-0.05, 0) is 12.8 Å². The predicted octanol–water partition coefficient (Wildman–Crippen LogP) is 2.36. The van der Waals surface area contributed by atoms with E-state index in [4.69, 9.17) is 0 Å². The van der Waals surface area contributed by atoms with Gasteiger partial charge >= 0.3 is 0 Å². The number of hydrogen-bond donors (Lipinski definition) is 2. The number of amides is 2. The van der Waals surface area contributed by atoms with Crippen molar-refractivity contribution in [3.05, 3.63) is 55.9 Å². The molecule has 1 aromatic carbocycles. The molecule has 0 unspecified atom stereocenters. The van der Waals surface area contributed by atoms with Gasteiger partial charge in [0, 0.05) is 31.4 Å². The Morgan fingerprint density at radius 2 is 1.69 bits per heavy atom. The first kappa shape index (κ1) is 21.5. The highest BCUT2D eigenvalue weighted by atomic mass is 16.6. The minimum absolute atomic E-state index is 0.0271. The van der Waals surface area contributed by atoms with Gasteiger partial charge in [0.1, 0.15) is 0 Å². The largest absolute Gasteiger partial charge is 0.350 e. The van der Waals surface area contributed by atoms with Gasteiger partial charge in [0.2, 0.25) is 0 Å². The van der Waals surface area contributed by atoms with E-state index in [-0.39, 0.29) is 22.9 Å². The Morgan fingerprint density at radius 3 is 2.17 bits per heavy atom. The van der Waals surface area contributed by atoms with E-state index in [9.17, 15) is 29.8 Å². The van der Waals surface area contributed by atoms with Crippen LogP contribution in [-0.2, 0) is 6.54 Å². The summed E-state index contributed by atoms with van der Waals surface area (Å²) in [5.74, 6) is -1.13. The Kier molecular flexibility index (Phi) is 6.59. The first-order valence-corrected chi connectivity index (χ1v) is 8.73. The Morgan fingerprint density at radius 1 is 1.10 bits per heavy atom. The minimum atomic E-state index is -0.842. The summed E-state index contributed by atoms with van der Waals surface area (Å²) < 4.78 is 1.44. The number of nitro groups is 2. The molecular formula is C17H20N6O6. The van der Waals surface area contributed by atoms with E-state index in [0.717, 1.165) is 18.2 Å². The second-order valence-electron chi connectivity index (χ2n) is 6.56. The number of carbonyl (C=O) groups is 2. The van der Waals surface area contributed by atoms with Crippen molar-refractivity contribution >= 4 is 28.9 Å². The zero-order valence-electron chi connectivity index (χ0n) is 16.0. The molecular weight excluding hydrogens is 384 g/mol. The van der Waals surface area contributed by atoms with Crippen LogP contribution in [0.4, 0.5) is 17.1 Å². The average Bonchev–Trinajstić information content (AvgIpc) is 3.08. The number of nitrogens with zero attached hydrogens (tertiary/aromatic N) is 4. The molecule has 2 rings (SSSR count). The third kappa shape index (κ3) is 5.34. The standard InChI is InChI=1S/C17H20N6O6/c1-4-21-9-14(15(20-21)17(25)18-8-10(2)3)19-16(24)11-5-12(22(26)27)7-13(6-11)23(28)29/h5-7,9-10H,4,8H2,1-3H3,(H,18,25)(H,19,24). The summed E-state index contributed by atoms with van der Waals surface area (Å²) in [5.41, 5.74) is -1.41. The van der Waals surface area contributed by atoms with Gasteiger partial charge in [-0.25, -0.2) is 0 Å². The summed E-state index contributed by atoms with van der Waals surface area (Å²) in [7, 11) is 0. The van der Waals surface area contributed by atoms with Gasteiger partial charge in [-0.15, -0.1) is 0 Å². The van der Waals surface area contributed by atoms with Crippen LogP contribution in [-0.4, -0.2) is 38.0 Å². The molecule has 0 aliphatic heterocycles. The molecule has 0 fully saturated rings. The number of non-ortho nitro benzene ring substituents is 2. The number of aromatic nitrogens is 2. The second-order valence-corrected chi connectivity index (χ2v) is 6.56. The Hall–Kier alpha value is -3.83. The fraction of sp³-hybridized carbons (Fsp3) is 0.353. The number of anilines is 1. The van der Waals surface area contributed by atoms with Crippen LogP contribution in [0.25, 0.3) is 0 Å². The molecule has 2 N–H and O–H groups in total. The smallest absolute Gasteiger partial charge is 0.277 e. The van der Waals surface area contributed by atoms with Crippen LogP contribution in [0.1, 0.15) is 41.6 Å². The van der Waals surface area contributed by atoms with Gasteiger partial charge in [0.25, 0.3) is 23.2 Å². The van der Waals surface area contributed by atoms with Crippen molar-refractivity contribution in [2.75, 3.05) is 11.9 Å². The third-order valence-corrected chi connectivity index (χ3v) is 3.81. The monoisotopic (exact) mass is 404 g/mol. The normalized spacial score (nSPS) is 10.6.